The maximum Gasteiger partial charge on any atom is 0.226 e. The van der Waals surface area contributed by atoms with E-state index >= 15 is 0 Å². The van der Waals surface area contributed by atoms with Crippen LogP contribution in [0.25, 0.3) is 11.5 Å². The summed E-state index contributed by atoms with van der Waals surface area (Å²) in [6.07, 6.45) is 2.81. The minimum atomic E-state index is 0.518. The molecule has 4 rings (SSSR count). The molecule has 1 atom stereocenters. The summed E-state index contributed by atoms with van der Waals surface area (Å²) < 4.78 is 11.5. The molecule has 1 fully saturated rings. The molecule has 0 bridgehead atoms. The molecule has 6 heteroatoms. The number of nitrogens with one attached hydrogen (secondary N) is 1. The number of guanidine groups is 1. The standard InChI is InChI=1S/C24H28N4O2/c1-25-24(26-14-22-18-30-23(27-22)21-10-6-3-7-11-21)28-13-12-20(15-28)17-29-16-19-8-4-2-5-9-19/h2-11,18,20H,12-17H2,1H3,(H,25,26). The predicted octanol–water partition coefficient (Wildman–Crippen LogP) is 3.96. The molecule has 0 spiro atoms. The Bertz CT molecular complexity index is 940. The quantitative estimate of drug-likeness (QED) is 0.477. The number of likely N-dealkylation sites (tertiary alicyclic amines) is 1. The number of nitrogens with zero attached hydrogens (tertiary/aromatic N) is 3. The molecule has 0 aliphatic carbocycles. The van der Waals surface area contributed by atoms with E-state index < -0.39 is 0 Å². The first kappa shape index (κ1) is 20.2. The second-order valence-electron chi connectivity index (χ2n) is 7.51. The minimum Gasteiger partial charge on any atom is -0.444 e. The lowest BCUT2D eigenvalue weighted by Gasteiger charge is -2.21. The molecular formula is C24H28N4O2. The monoisotopic (exact) mass is 404 g/mol. The van der Waals surface area contributed by atoms with E-state index in [1.807, 2.05) is 55.6 Å². The highest BCUT2D eigenvalue weighted by Crippen LogP contribution is 2.19. The molecule has 6 nitrogen and oxygen atoms in total. The van der Waals surface area contributed by atoms with Crippen molar-refractivity contribution in [3.8, 4) is 11.5 Å². The fraction of sp³-hybridized carbons (Fsp3) is 0.333. The molecule has 1 aliphatic rings. The van der Waals surface area contributed by atoms with Crippen molar-refractivity contribution >= 4 is 5.96 Å². The van der Waals surface area contributed by atoms with Gasteiger partial charge in [0.25, 0.3) is 0 Å². The van der Waals surface area contributed by atoms with Gasteiger partial charge in [0, 0.05) is 31.6 Å². The lowest BCUT2D eigenvalue weighted by Crippen LogP contribution is -2.39. The maximum atomic E-state index is 5.93. The molecule has 30 heavy (non-hydrogen) atoms. The third-order valence-corrected chi connectivity index (χ3v) is 5.26. The number of rotatable bonds is 7. The normalized spacial score (nSPS) is 16.8. The predicted molar refractivity (Wildman–Crippen MR) is 118 cm³/mol. The van der Waals surface area contributed by atoms with Crippen LogP contribution in [0, 0.1) is 5.92 Å². The molecule has 1 N–H and O–H groups in total. The second kappa shape index (κ2) is 10.1. The summed E-state index contributed by atoms with van der Waals surface area (Å²) in [7, 11) is 1.82. The summed E-state index contributed by atoms with van der Waals surface area (Å²) >= 11 is 0. The van der Waals surface area contributed by atoms with Crippen LogP contribution >= 0.6 is 0 Å². The van der Waals surface area contributed by atoms with Crippen LogP contribution in [0.5, 0.6) is 0 Å². The maximum absolute atomic E-state index is 5.93. The number of benzene rings is 2. The highest BCUT2D eigenvalue weighted by atomic mass is 16.5. The molecule has 1 saturated heterocycles. The molecule has 2 heterocycles. The topological polar surface area (TPSA) is 62.9 Å². The smallest absolute Gasteiger partial charge is 0.226 e. The highest BCUT2D eigenvalue weighted by Gasteiger charge is 2.25. The van der Waals surface area contributed by atoms with E-state index in [-0.39, 0.29) is 0 Å². The summed E-state index contributed by atoms with van der Waals surface area (Å²) in [5.74, 6) is 2.05. The fourth-order valence-corrected chi connectivity index (χ4v) is 3.68. The van der Waals surface area contributed by atoms with Gasteiger partial charge in [-0.1, -0.05) is 48.5 Å². The Morgan fingerprint density at radius 1 is 1.17 bits per heavy atom. The Morgan fingerprint density at radius 2 is 1.93 bits per heavy atom. The number of hydrogen-bond acceptors (Lipinski definition) is 4. The molecule has 0 radical (unpaired) electrons. The zero-order valence-corrected chi connectivity index (χ0v) is 17.3. The van der Waals surface area contributed by atoms with Crippen molar-refractivity contribution in [1.29, 1.82) is 0 Å². The van der Waals surface area contributed by atoms with Gasteiger partial charge in [-0.3, -0.25) is 4.99 Å². The van der Waals surface area contributed by atoms with Crippen molar-refractivity contribution in [3.05, 3.63) is 78.2 Å². The van der Waals surface area contributed by atoms with E-state index in [0.717, 1.165) is 43.3 Å². The molecular weight excluding hydrogens is 376 g/mol. The Hall–Kier alpha value is -3.12. The van der Waals surface area contributed by atoms with E-state index in [0.29, 0.717) is 25.0 Å². The molecule has 156 valence electrons. The van der Waals surface area contributed by atoms with Gasteiger partial charge in [0.15, 0.2) is 5.96 Å². The van der Waals surface area contributed by atoms with E-state index in [2.05, 4.69) is 32.3 Å². The van der Waals surface area contributed by atoms with Crippen LogP contribution in [0.15, 0.2) is 76.3 Å². The van der Waals surface area contributed by atoms with Crippen molar-refractivity contribution in [3.63, 3.8) is 0 Å². The highest BCUT2D eigenvalue weighted by molar-refractivity contribution is 5.80. The fourth-order valence-electron chi connectivity index (χ4n) is 3.68. The summed E-state index contributed by atoms with van der Waals surface area (Å²) in [5.41, 5.74) is 3.05. The number of aromatic nitrogens is 1. The van der Waals surface area contributed by atoms with Gasteiger partial charge in [-0.15, -0.1) is 0 Å². The number of hydrogen-bond donors (Lipinski definition) is 1. The van der Waals surface area contributed by atoms with Gasteiger partial charge in [0.1, 0.15) is 6.26 Å². The summed E-state index contributed by atoms with van der Waals surface area (Å²) in [5, 5.41) is 3.41. The van der Waals surface area contributed by atoms with Gasteiger partial charge in [-0.25, -0.2) is 4.98 Å². The van der Waals surface area contributed by atoms with Gasteiger partial charge in [-0.2, -0.15) is 0 Å². The second-order valence-corrected chi connectivity index (χ2v) is 7.51. The third kappa shape index (κ3) is 5.27. The van der Waals surface area contributed by atoms with Crippen molar-refractivity contribution in [1.82, 2.24) is 15.2 Å². The Morgan fingerprint density at radius 3 is 2.70 bits per heavy atom. The van der Waals surface area contributed by atoms with E-state index in [1.165, 1.54) is 5.56 Å². The van der Waals surface area contributed by atoms with Gasteiger partial charge >= 0.3 is 0 Å². The molecule has 0 saturated carbocycles. The minimum absolute atomic E-state index is 0.518. The van der Waals surface area contributed by atoms with Crippen LogP contribution in [-0.2, 0) is 17.9 Å². The molecule has 0 amide bonds. The van der Waals surface area contributed by atoms with Crippen molar-refractivity contribution in [2.24, 2.45) is 10.9 Å². The summed E-state index contributed by atoms with van der Waals surface area (Å²) in [6, 6.07) is 20.2. The number of ether oxygens (including phenoxy) is 1. The molecule has 3 aromatic rings. The molecule has 2 aromatic carbocycles. The van der Waals surface area contributed by atoms with Gasteiger partial charge in [0.2, 0.25) is 5.89 Å². The third-order valence-electron chi connectivity index (χ3n) is 5.26. The molecule has 1 unspecified atom stereocenters. The van der Waals surface area contributed by atoms with E-state index in [4.69, 9.17) is 9.15 Å². The van der Waals surface area contributed by atoms with Crippen LogP contribution in [0.2, 0.25) is 0 Å². The van der Waals surface area contributed by atoms with E-state index in [9.17, 15) is 0 Å². The van der Waals surface area contributed by atoms with E-state index in [1.54, 1.807) is 6.26 Å². The number of oxazole rings is 1. The van der Waals surface area contributed by atoms with Crippen LogP contribution < -0.4 is 5.32 Å². The largest absolute Gasteiger partial charge is 0.444 e. The molecule has 1 aliphatic heterocycles. The Kier molecular flexibility index (Phi) is 6.77. The van der Waals surface area contributed by atoms with Crippen molar-refractivity contribution in [2.45, 2.75) is 19.6 Å². The van der Waals surface area contributed by atoms with Gasteiger partial charge < -0.3 is 19.4 Å². The zero-order valence-electron chi connectivity index (χ0n) is 17.3. The van der Waals surface area contributed by atoms with Crippen LogP contribution in [0.3, 0.4) is 0 Å². The summed E-state index contributed by atoms with van der Waals surface area (Å²) in [4.78, 5) is 11.3. The Balaban J connectivity index is 1.23. The van der Waals surface area contributed by atoms with Crippen LogP contribution in [0.4, 0.5) is 0 Å². The van der Waals surface area contributed by atoms with Gasteiger partial charge in [0.05, 0.1) is 25.5 Å². The summed E-state index contributed by atoms with van der Waals surface area (Å²) in [6.45, 7) is 3.94. The first-order chi connectivity index (χ1) is 14.8. The van der Waals surface area contributed by atoms with Gasteiger partial charge in [-0.05, 0) is 24.1 Å². The zero-order chi connectivity index (χ0) is 20.6. The average Bonchev–Trinajstić information content (AvgIpc) is 3.46. The Labute approximate surface area is 177 Å². The number of aliphatic imine (C=N–C) groups is 1. The molecule has 1 aromatic heterocycles. The SMILES string of the molecule is CN=C(NCc1coc(-c2ccccc2)n1)N1CCC(COCc2ccccc2)C1. The van der Waals surface area contributed by atoms with Crippen molar-refractivity contribution < 1.29 is 9.15 Å². The average molecular weight is 405 g/mol. The first-order valence-electron chi connectivity index (χ1n) is 10.4. The lowest BCUT2D eigenvalue weighted by molar-refractivity contribution is 0.0906. The first-order valence-corrected chi connectivity index (χ1v) is 10.4. The van der Waals surface area contributed by atoms with Crippen LogP contribution in [-0.4, -0.2) is 42.6 Å². The van der Waals surface area contributed by atoms with Crippen LogP contribution in [0.1, 0.15) is 17.7 Å². The van der Waals surface area contributed by atoms with Crippen molar-refractivity contribution in [2.75, 3.05) is 26.7 Å². The lowest BCUT2D eigenvalue weighted by atomic mass is 10.1.